The van der Waals surface area contributed by atoms with E-state index in [-0.39, 0.29) is 12.4 Å². The Morgan fingerprint density at radius 1 is 1.60 bits per heavy atom. The molecule has 2 nitrogen and oxygen atoms in total. The molecule has 3 heteroatoms. The number of allylic oxidation sites excluding steroid dienone is 1. The smallest absolute Gasteiger partial charge is 0.167 e. The number of hydrogen-bond donors (Lipinski definition) is 0. The summed E-state index contributed by atoms with van der Waals surface area (Å²) < 4.78 is 11.5. The monoisotopic (exact) mass is 276 g/mol. The number of hydrogen-bond acceptors (Lipinski definition) is 2. The van der Waals surface area contributed by atoms with Crippen LogP contribution in [-0.2, 0) is 9.47 Å². The van der Waals surface area contributed by atoms with Crippen LogP contribution in [0.25, 0.3) is 0 Å². The minimum atomic E-state index is -0.0938. The Morgan fingerprint density at radius 3 is 2.93 bits per heavy atom. The molecular weight excluding hydrogens is 256 g/mol. The predicted molar refractivity (Wildman–Crippen MR) is 66.3 cm³/mol. The molecule has 0 N–H and O–H groups in total. The van der Waals surface area contributed by atoms with Gasteiger partial charge >= 0.3 is 0 Å². The highest BCUT2D eigenvalue weighted by molar-refractivity contribution is 9.09. The molecule has 0 bridgehead atoms. The van der Waals surface area contributed by atoms with Crippen molar-refractivity contribution in [1.29, 1.82) is 0 Å². The fraction of sp³-hybridized carbons (Fsp3) is 0.833. The first kappa shape index (κ1) is 13.2. The maximum Gasteiger partial charge on any atom is 0.167 e. The second-order valence-electron chi connectivity index (χ2n) is 4.03. The zero-order valence-corrected chi connectivity index (χ0v) is 11.3. The topological polar surface area (TPSA) is 18.5 Å². The molecule has 0 radical (unpaired) electrons. The zero-order chi connectivity index (χ0) is 11.1. The Kier molecular flexibility index (Phi) is 6.53. The van der Waals surface area contributed by atoms with Crippen molar-refractivity contribution >= 4 is 15.9 Å². The molecule has 15 heavy (non-hydrogen) atoms. The molecule has 1 aliphatic carbocycles. The zero-order valence-electron chi connectivity index (χ0n) is 9.67. The molecule has 0 aromatic heterocycles. The molecule has 0 aromatic rings. The first-order valence-electron chi connectivity index (χ1n) is 5.76. The lowest BCUT2D eigenvalue weighted by Gasteiger charge is -2.19. The molecule has 0 saturated carbocycles. The van der Waals surface area contributed by atoms with Crippen molar-refractivity contribution in [2.24, 2.45) is 0 Å². The van der Waals surface area contributed by atoms with Crippen molar-refractivity contribution in [2.45, 2.75) is 51.9 Å². The van der Waals surface area contributed by atoms with Crippen molar-refractivity contribution in [2.75, 3.05) is 11.9 Å². The van der Waals surface area contributed by atoms with Gasteiger partial charge in [-0.3, -0.25) is 0 Å². The Balaban J connectivity index is 2.21. The highest BCUT2D eigenvalue weighted by Gasteiger charge is 2.18. The fourth-order valence-corrected chi connectivity index (χ4v) is 1.98. The van der Waals surface area contributed by atoms with Crippen LogP contribution in [0, 0.1) is 0 Å². The molecule has 2 unspecified atom stereocenters. The summed E-state index contributed by atoms with van der Waals surface area (Å²) in [5, 5.41) is 0.750. The number of ether oxygens (including phenoxy) is 2. The predicted octanol–water partition coefficient (Wildman–Crippen LogP) is 3.65. The lowest BCUT2D eigenvalue weighted by molar-refractivity contribution is -0.145. The summed E-state index contributed by atoms with van der Waals surface area (Å²) in [4.78, 5) is 0. The number of alkyl halides is 1. The van der Waals surface area contributed by atoms with Gasteiger partial charge in [0.1, 0.15) is 0 Å². The van der Waals surface area contributed by atoms with E-state index in [1.165, 1.54) is 5.57 Å². The maximum absolute atomic E-state index is 5.83. The normalized spacial score (nSPS) is 22.9. The van der Waals surface area contributed by atoms with Gasteiger partial charge in [-0.25, -0.2) is 0 Å². The van der Waals surface area contributed by atoms with E-state index < -0.39 is 0 Å². The molecule has 0 heterocycles. The van der Waals surface area contributed by atoms with Gasteiger partial charge in [0, 0.05) is 6.61 Å². The molecule has 0 aromatic carbocycles. The van der Waals surface area contributed by atoms with Gasteiger partial charge in [0.15, 0.2) is 6.29 Å². The van der Waals surface area contributed by atoms with Gasteiger partial charge < -0.3 is 9.47 Å². The van der Waals surface area contributed by atoms with E-state index in [0.29, 0.717) is 0 Å². The van der Waals surface area contributed by atoms with Crippen LogP contribution in [0.4, 0.5) is 0 Å². The van der Waals surface area contributed by atoms with Crippen LogP contribution in [0.15, 0.2) is 11.6 Å². The summed E-state index contributed by atoms with van der Waals surface area (Å²) in [6.45, 7) is 5.11. The van der Waals surface area contributed by atoms with Gasteiger partial charge in [0.2, 0.25) is 0 Å². The van der Waals surface area contributed by atoms with E-state index in [2.05, 4.69) is 35.9 Å². The average molecular weight is 277 g/mol. The van der Waals surface area contributed by atoms with E-state index in [9.17, 15) is 0 Å². The van der Waals surface area contributed by atoms with Crippen LogP contribution in [0.2, 0.25) is 0 Å². The number of unbranched alkanes of at least 4 members (excludes halogenated alkanes) is 1. The van der Waals surface area contributed by atoms with Crippen LogP contribution in [-0.4, -0.2) is 24.3 Å². The minimum Gasteiger partial charge on any atom is -0.352 e. The molecule has 0 saturated heterocycles. The van der Waals surface area contributed by atoms with Gasteiger partial charge in [-0.05, 0) is 26.2 Å². The molecule has 0 aliphatic heterocycles. The van der Waals surface area contributed by atoms with E-state index in [4.69, 9.17) is 9.47 Å². The Labute approximate surface area is 101 Å². The van der Waals surface area contributed by atoms with Crippen LogP contribution >= 0.6 is 15.9 Å². The van der Waals surface area contributed by atoms with Gasteiger partial charge in [0.25, 0.3) is 0 Å². The largest absolute Gasteiger partial charge is 0.352 e. The summed E-state index contributed by atoms with van der Waals surface area (Å²) in [5.41, 5.74) is 1.43. The van der Waals surface area contributed by atoms with Gasteiger partial charge in [0.05, 0.1) is 11.4 Å². The minimum absolute atomic E-state index is 0.0938. The molecular formula is C12H21BrO2. The lowest BCUT2D eigenvalue weighted by Crippen LogP contribution is -2.24. The molecule has 1 aliphatic rings. The average Bonchev–Trinajstić information content (AvgIpc) is 2.63. The number of halogens is 1. The molecule has 88 valence electrons. The summed E-state index contributed by atoms with van der Waals surface area (Å²) in [6, 6.07) is 0. The first-order valence-corrected chi connectivity index (χ1v) is 6.88. The number of rotatable bonds is 7. The van der Waals surface area contributed by atoms with E-state index in [1.54, 1.807) is 0 Å². The van der Waals surface area contributed by atoms with Crippen molar-refractivity contribution in [3.05, 3.63) is 11.6 Å². The quantitative estimate of drug-likeness (QED) is 0.306. The molecule has 0 spiro atoms. The third kappa shape index (κ3) is 5.14. The van der Waals surface area contributed by atoms with Gasteiger partial charge in [-0.1, -0.05) is 40.9 Å². The third-order valence-corrected chi connectivity index (χ3v) is 3.08. The molecule has 0 fully saturated rings. The van der Waals surface area contributed by atoms with Crippen molar-refractivity contribution in [3.8, 4) is 0 Å². The lowest BCUT2D eigenvalue weighted by atomic mass is 10.3. The van der Waals surface area contributed by atoms with E-state index in [0.717, 1.165) is 37.6 Å². The van der Waals surface area contributed by atoms with Crippen LogP contribution in [0.5, 0.6) is 0 Å². The van der Waals surface area contributed by atoms with Crippen LogP contribution in [0.3, 0.4) is 0 Å². The Bertz CT molecular complexity index is 204. The van der Waals surface area contributed by atoms with Gasteiger partial charge in [-0.2, -0.15) is 0 Å². The summed E-state index contributed by atoms with van der Waals surface area (Å²) >= 11 is 3.42. The van der Waals surface area contributed by atoms with Crippen molar-refractivity contribution in [3.63, 3.8) is 0 Å². The van der Waals surface area contributed by atoms with Crippen LogP contribution < -0.4 is 0 Å². The van der Waals surface area contributed by atoms with Crippen molar-refractivity contribution in [1.82, 2.24) is 0 Å². The standard InChI is InChI=1S/C12H21BrO2/c1-3-4-7-14-12(9-13)15-11-6-5-10(2)8-11/h8,11-12H,3-7,9H2,1-2H3. The molecule has 1 rings (SSSR count). The van der Waals surface area contributed by atoms with Gasteiger partial charge in [-0.15, -0.1) is 0 Å². The summed E-state index contributed by atoms with van der Waals surface area (Å²) in [6.07, 6.45) is 6.90. The Morgan fingerprint density at radius 2 is 2.40 bits per heavy atom. The first-order chi connectivity index (χ1) is 7.26. The second-order valence-corrected chi connectivity index (χ2v) is 4.68. The summed E-state index contributed by atoms with van der Waals surface area (Å²) in [5.74, 6) is 0. The Hall–Kier alpha value is 0.140. The third-order valence-electron chi connectivity index (χ3n) is 2.55. The fourth-order valence-electron chi connectivity index (χ4n) is 1.64. The van der Waals surface area contributed by atoms with Crippen molar-refractivity contribution < 1.29 is 9.47 Å². The molecule has 2 atom stereocenters. The van der Waals surface area contributed by atoms with Crippen LogP contribution in [0.1, 0.15) is 39.5 Å². The maximum atomic E-state index is 5.83. The SMILES string of the molecule is CCCCOC(CBr)OC1C=C(C)CC1. The second kappa shape index (κ2) is 7.42. The summed E-state index contributed by atoms with van der Waals surface area (Å²) in [7, 11) is 0. The highest BCUT2D eigenvalue weighted by atomic mass is 79.9. The highest BCUT2D eigenvalue weighted by Crippen LogP contribution is 2.22. The molecule has 0 amide bonds. The van der Waals surface area contributed by atoms with E-state index in [1.807, 2.05) is 0 Å². The van der Waals surface area contributed by atoms with E-state index >= 15 is 0 Å².